The van der Waals surface area contributed by atoms with Gasteiger partial charge < -0.3 is 25.1 Å². The van der Waals surface area contributed by atoms with Crippen molar-refractivity contribution in [1.82, 2.24) is 9.80 Å². The van der Waals surface area contributed by atoms with Gasteiger partial charge in [0.2, 0.25) is 11.8 Å². The number of aliphatic hydroxyl groups excluding tert-OH is 2. The standard InChI is InChI=1S/C17H20Cl2N2O5/c18-12-1-2-13(24)16(17(12)19)9-3-10-6-20(7-15(26)21(10)5-9)14(25)4-11(23)8-22/h1-2,9-11,22-24H,3-8H2/t9-,10-,11+/m0/s1. The molecule has 0 aromatic heterocycles. The average molecular weight is 403 g/mol. The minimum atomic E-state index is -1.13. The summed E-state index contributed by atoms with van der Waals surface area (Å²) in [6, 6.07) is 2.81. The lowest BCUT2D eigenvalue weighted by Gasteiger charge is -2.37. The largest absolute Gasteiger partial charge is 0.508 e. The van der Waals surface area contributed by atoms with Crippen LogP contribution in [0.4, 0.5) is 0 Å². The first-order chi connectivity index (χ1) is 12.3. The number of fused-ring (bicyclic) bond motifs is 1. The summed E-state index contributed by atoms with van der Waals surface area (Å²) in [5.41, 5.74) is 0.523. The zero-order chi connectivity index (χ0) is 19.0. The molecule has 2 saturated heterocycles. The Labute approximate surface area is 160 Å². The van der Waals surface area contributed by atoms with Crippen molar-refractivity contribution in [3.05, 3.63) is 27.7 Å². The number of amides is 2. The Balaban J connectivity index is 1.76. The van der Waals surface area contributed by atoms with Crippen LogP contribution in [0.3, 0.4) is 0 Å². The van der Waals surface area contributed by atoms with Crippen molar-refractivity contribution in [2.45, 2.75) is 30.9 Å². The fraction of sp³-hybridized carbons (Fsp3) is 0.529. The minimum Gasteiger partial charge on any atom is -0.508 e. The molecule has 3 N–H and O–H groups in total. The van der Waals surface area contributed by atoms with E-state index in [1.807, 2.05) is 0 Å². The Morgan fingerprint density at radius 3 is 2.73 bits per heavy atom. The number of piperazine rings is 1. The lowest BCUT2D eigenvalue weighted by molar-refractivity contribution is -0.148. The molecule has 7 nitrogen and oxygen atoms in total. The average Bonchev–Trinajstić information content (AvgIpc) is 3.02. The summed E-state index contributed by atoms with van der Waals surface area (Å²) in [5, 5.41) is 29.1. The number of rotatable bonds is 4. The molecule has 142 valence electrons. The molecule has 2 aliphatic rings. The number of hydrogen-bond acceptors (Lipinski definition) is 5. The van der Waals surface area contributed by atoms with Crippen molar-refractivity contribution >= 4 is 35.0 Å². The van der Waals surface area contributed by atoms with Crippen molar-refractivity contribution < 1.29 is 24.9 Å². The summed E-state index contributed by atoms with van der Waals surface area (Å²) in [7, 11) is 0. The Hall–Kier alpha value is -1.54. The highest BCUT2D eigenvalue weighted by molar-refractivity contribution is 6.42. The van der Waals surface area contributed by atoms with Gasteiger partial charge in [0.25, 0.3) is 0 Å². The molecule has 0 radical (unpaired) electrons. The Morgan fingerprint density at radius 1 is 1.31 bits per heavy atom. The van der Waals surface area contributed by atoms with Crippen LogP contribution in [0.25, 0.3) is 0 Å². The number of phenolic OH excluding ortho intramolecular Hbond substituents is 1. The minimum absolute atomic E-state index is 0.0377. The van der Waals surface area contributed by atoms with Crippen LogP contribution < -0.4 is 0 Å². The second kappa shape index (κ2) is 7.60. The van der Waals surface area contributed by atoms with E-state index >= 15 is 0 Å². The Bertz CT molecular complexity index is 729. The van der Waals surface area contributed by atoms with Crippen molar-refractivity contribution in [2.24, 2.45) is 0 Å². The third kappa shape index (κ3) is 3.62. The number of nitrogens with zero attached hydrogens (tertiary/aromatic N) is 2. The zero-order valence-electron chi connectivity index (χ0n) is 13.9. The Morgan fingerprint density at radius 2 is 2.04 bits per heavy atom. The van der Waals surface area contributed by atoms with E-state index in [0.29, 0.717) is 30.1 Å². The zero-order valence-corrected chi connectivity index (χ0v) is 15.4. The van der Waals surface area contributed by atoms with Crippen molar-refractivity contribution in [3.63, 3.8) is 0 Å². The van der Waals surface area contributed by atoms with E-state index in [0.717, 1.165) is 0 Å². The fourth-order valence-corrected chi connectivity index (χ4v) is 4.19. The maximum atomic E-state index is 12.5. The smallest absolute Gasteiger partial charge is 0.242 e. The van der Waals surface area contributed by atoms with E-state index in [1.165, 1.54) is 17.0 Å². The summed E-state index contributed by atoms with van der Waals surface area (Å²) in [6.07, 6.45) is -0.804. The van der Waals surface area contributed by atoms with Gasteiger partial charge in [0.05, 0.1) is 41.8 Å². The number of halogens is 2. The van der Waals surface area contributed by atoms with E-state index in [1.54, 1.807) is 4.90 Å². The van der Waals surface area contributed by atoms with E-state index in [2.05, 4.69) is 0 Å². The van der Waals surface area contributed by atoms with Gasteiger partial charge in [0.15, 0.2) is 0 Å². The number of carbonyl (C=O) groups is 2. The van der Waals surface area contributed by atoms with Gasteiger partial charge in [-0.25, -0.2) is 0 Å². The molecule has 0 aliphatic carbocycles. The van der Waals surface area contributed by atoms with Gasteiger partial charge >= 0.3 is 0 Å². The summed E-state index contributed by atoms with van der Waals surface area (Å²) < 4.78 is 0. The first-order valence-corrected chi connectivity index (χ1v) is 9.10. The molecule has 2 aliphatic heterocycles. The third-order valence-electron chi connectivity index (χ3n) is 4.98. The van der Waals surface area contributed by atoms with E-state index < -0.39 is 12.7 Å². The predicted octanol–water partition coefficient (Wildman–Crippen LogP) is 0.969. The number of aliphatic hydroxyl groups is 2. The van der Waals surface area contributed by atoms with Crippen molar-refractivity contribution in [1.29, 1.82) is 0 Å². The van der Waals surface area contributed by atoms with E-state index in [-0.39, 0.29) is 47.5 Å². The van der Waals surface area contributed by atoms with Gasteiger partial charge in [-0.3, -0.25) is 9.59 Å². The molecule has 0 spiro atoms. The highest BCUT2D eigenvalue weighted by Gasteiger charge is 2.43. The second-order valence-electron chi connectivity index (χ2n) is 6.74. The molecule has 3 rings (SSSR count). The van der Waals surface area contributed by atoms with Crippen LogP contribution in [0.15, 0.2) is 12.1 Å². The van der Waals surface area contributed by atoms with Gasteiger partial charge in [-0.2, -0.15) is 0 Å². The molecular weight excluding hydrogens is 383 g/mol. The highest BCUT2D eigenvalue weighted by atomic mass is 35.5. The van der Waals surface area contributed by atoms with Crippen LogP contribution in [-0.2, 0) is 9.59 Å². The van der Waals surface area contributed by atoms with E-state index in [4.69, 9.17) is 28.3 Å². The molecule has 0 unspecified atom stereocenters. The maximum Gasteiger partial charge on any atom is 0.242 e. The lowest BCUT2D eigenvalue weighted by atomic mass is 9.95. The third-order valence-corrected chi connectivity index (χ3v) is 5.80. The van der Waals surface area contributed by atoms with Crippen LogP contribution in [0, 0.1) is 0 Å². The predicted molar refractivity (Wildman–Crippen MR) is 95.3 cm³/mol. The molecule has 2 amide bonds. The second-order valence-corrected chi connectivity index (χ2v) is 7.53. The van der Waals surface area contributed by atoms with Crippen molar-refractivity contribution in [3.8, 4) is 5.75 Å². The Kier molecular flexibility index (Phi) is 5.62. The molecule has 0 saturated carbocycles. The van der Waals surface area contributed by atoms with Gasteiger partial charge in [0.1, 0.15) is 5.75 Å². The normalized spacial score (nSPS) is 23.9. The molecule has 2 heterocycles. The van der Waals surface area contributed by atoms with Crippen molar-refractivity contribution in [2.75, 3.05) is 26.2 Å². The van der Waals surface area contributed by atoms with Gasteiger partial charge in [-0.1, -0.05) is 23.2 Å². The SMILES string of the molecule is O=C(C[C@@H](O)CO)N1CC(=O)N2C[C@@H](c3c(O)ccc(Cl)c3Cl)C[C@H]2C1. The lowest BCUT2D eigenvalue weighted by Crippen LogP contribution is -2.55. The van der Waals surface area contributed by atoms with Crippen LogP contribution in [0.1, 0.15) is 24.3 Å². The van der Waals surface area contributed by atoms with Crippen LogP contribution in [0.5, 0.6) is 5.75 Å². The quantitative estimate of drug-likeness (QED) is 0.696. The molecule has 2 fully saturated rings. The number of aromatic hydroxyl groups is 1. The first kappa shape index (κ1) is 19.2. The summed E-state index contributed by atoms with van der Waals surface area (Å²) >= 11 is 12.3. The van der Waals surface area contributed by atoms with Crippen LogP contribution in [0.2, 0.25) is 10.0 Å². The summed E-state index contributed by atoms with van der Waals surface area (Å²) in [4.78, 5) is 27.8. The first-order valence-electron chi connectivity index (χ1n) is 8.34. The number of phenols is 1. The van der Waals surface area contributed by atoms with Gasteiger partial charge in [-0.15, -0.1) is 0 Å². The number of hydrogen-bond donors (Lipinski definition) is 3. The molecule has 1 aromatic rings. The van der Waals surface area contributed by atoms with Crippen LogP contribution >= 0.6 is 23.2 Å². The molecule has 9 heteroatoms. The fourth-order valence-electron chi connectivity index (χ4n) is 3.71. The maximum absolute atomic E-state index is 12.5. The van der Waals surface area contributed by atoms with E-state index in [9.17, 15) is 19.8 Å². The van der Waals surface area contributed by atoms with Crippen LogP contribution in [-0.4, -0.2) is 75.3 Å². The molecule has 1 aromatic carbocycles. The van der Waals surface area contributed by atoms with Gasteiger partial charge in [0, 0.05) is 24.6 Å². The number of carbonyl (C=O) groups excluding carboxylic acids is 2. The molecule has 26 heavy (non-hydrogen) atoms. The summed E-state index contributed by atoms with van der Waals surface area (Å²) in [6.45, 7) is 0.184. The number of benzene rings is 1. The molecule has 0 bridgehead atoms. The highest BCUT2D eigenvalue weighted by Crippen LogP contribution is 2.43. The molecule has 3 atom stereocenters. The summed E-state index contributed by atoms with van der Waals surface area (Å²) in [5.74, 6) is -0.691. The topological polar surface area (TPSA) is 101 Å². The molecular formula is C17H20Cl2N2O5. The monoisotopic (exact) mass is 402 g/mol. The van der Waals surface area contributed by atoms with Gasteiger partial charge in [-0.05, 0) is 18.6 Å².